The van der Waals surface area contributed by atoms with Crippen LogP contribution in [-0.4, -0.2) is 5.11 Å². The molecular weight excluding hydrogens is 229 g/mol. The SMILES string of the molecule is N#Cc1ccc([C@H](O)c2ccc(CF)cc2)cc1. The van der Waals surface area contributed by atoms with E-state index in [1.165, 1.54) is 0 Å². The number of benzene rings is 2. The molecule has 0 aliphatic heterocycles. The van der Waals surface area contributed by atoms with Gasteiger partial charge in [-0.05, 0) is 28.8 Å². The molecule has 18 heavy (non-hydrogen) atoms. The van der Waals surface area contributed by atoms with Gasteiger partial charge in [-0.2, -0.15) is 5.26 Å². The predicted molar refractivity (Wildman–Crippen MR) is 66.5 cm³/mol. The van der Waals surface area contributed by atoms with Gasteiger partial charge in [-0.25, -0.2) is 4.39 Å². The number of aliphatic hydroxyl groups excluding tert-OH is 1. The standard InChI is InChI=1S/C15H12FNO/c16-9-11-1-5-13(6-2-11)15(18)14-7-3-12(10-17)4-8-14/h1-8,15,18H,9H2/t15-/m1/s1. The molecule has 0 radical (unpaired) electrons. The molecule has 0 heterocycles. The van der Waals surface area contributed by atoms with Gasteiger partial charge >= 0.3 is 0 Å². The highest BCUT2D eigenvalue weighted by Crippen LogP contribution is 2.22. The van der Waals surface area contributed by atoms with Crippen molar-refractivity contribution >= 4 is 0 Å². The van der Waals surface area contributed by atoms with E-state index in [2.05, 4.69) is 0 Å². The number of nitriles is 1. The van der Waals surface area contributed by atoms with Crippen molar-refractivity contribution in [1.82, 2.24) is 0 Å². The summed E-state index contributed by atoms with van der Waals surface area (Å²) in [5.41, 5.74) is 2.56. The first kappa shape index (κ1) is 12.3. The summed E-state index contributed by atoms with van der Waals surface area (Å²) in [4.78, 5) is 0. The molecule has 1 atom stereocenters. The molecule has 90 valence electrons. The van der Waals surface area contributed by atoms with E-state index >= 15 is 0 Å². The van der Waals surface area contributed by atoms with Gasteiger partial charge in [0.2, 0.25) is 0 Å². The van der Waals surface area contributed by atoms with E-state index in [0.29, 0.717) is 22.3 Å². The van der Waals surface area contributed by atoms with Crippen LogP contribution < -0.4 is 0 Å². The molecule has 0 saturated carbocycles. The molecule has 2 aromatic rings. The van der Waals surface area contributed by atoms with Crippen LogP contribution in [0.15, 0.2) is 48.5 Å². The topological polar surface area (TPSA) is 44.0 Å². The highest BCUT2D eigenvalue weighted by atomic mass is 19.1. The van der Waals surface area contributed by atoms with Crippen LogP contribution in [-0.2, 0) is 6.67 Å². The summed E-state index contributed by atoms with van der Waals surface area (Å²) in [6.07, 6.45) is -0.758. The first-order valence-electron chi connectivity index (χ1n) is 5.57. The molecule has 3 heteroatoms. The third-order valence-corrected chi connectivity index (χ3v) is 2.81. The predicted octanol–water partition coefficient (Wildman–Crippen LogP) is 3.11. The minimum Gasteiger partial charge on any atom is -0.384 e. The van der Waals surface area contributed by atoms with Gasteiger partial charge in [-0.3, -0.25) is 0 Å². The second-order valence-electron chi connectivity index (χ2n) is 4.01. The zero-order chi connectivity index (χ0) is 13.0. The lowest BCUT2D eigenvalue weighted by Gasteiger charge is -2.11. The van der Waals surface area contributed by atoms with E-state index in [-0.39, 0.29) is 0 Å². The maximum absolute atomic E-state index is 12.4. The summed E-state index contributed by atoms with van der Waals surface area (Å²) in [5, 5.41) is 18.8. The Hall–Kier alpha value is -2.18. The Morgan fingerprint density at radius 1 is 1.00 bits per heavy atom. The van der Waals surface area contributed by atoms with Crippen molar-refractivity contribution in [3.63, 3.8) is 0 Å². The molecule has 0 spiro atoms. The monoisotopic (exact) mass is 241 g/mol. The first-order chi connectivity index (χ1) is 8.74. The van der Waals surface area contributed by atoms with Crippen LogP contribution in [0.1, 0.15) is 28.4 Å². The quantitative estimate of drug-likeness (QED) is 0.897. The molecule has 0 aliphatic rings. The molecule has 0 amide bonds. The van der Waals surface area contributed by atoms with Gasteiger partial charge < -0.3 is 5.11 Å². The Morgan fingerprint density at radius 2 is 1.50 bits per heavy atom. The summed E-state index contributed by atoms with van der Waals surface area (Å²) in [5.74, 6) is 0. The second-order valence-corrected chi connectivity index (χ2v) is 4.01. The smallest absolute Gasteiger partial charge is 0.115 e. The average Bonchev–Trinajstić information content (AvgIpc) is 2.47. The number of alkyl halides is 1. The maximum atomic E-state index is 12.4. The van der Waals surface area contributed by atoms with Crippen LogP contribution in [0.4, 0.5) is 4.39 Å². The highest BCUT2D eigenvalue weighted by molar-refractivity contribution is 5.36. The minimum atomic E-state index is -0.758. The fraction of sp³-hybridized carbons (Fsp3) is 0.133. The number of nitrogens with zero attached hydrogens (tertiary/aromatic N) is 1. The lowest BCUT2D eigenvalue weighted by molar-refractivity contribution is 0.220. The van der Waals surface area contributed by atoms with Crippen molar-refractivity contribution in [2.45, 2.75) is 12.8 Å². The molecule has 0 aliphatic carbocycles. The number of aliphatic hydroxyl groups is 1. The molecule has 0 saturated heterocycles. The number of hydrogen-bond donors (Lipinski definition) is 1. The van der Waals surface area contributed by atoms with Gasteiger partial charge in [0.1, 0.15) is 12.8 Å². The third-order valence-electron chi connectivity index (χ3n) is 2.81. The fourth-order valence-corrected chi connectivity index (χ4v) is 1.72. The summed E-state index contributed by atoms with van der Waals surface area (Å²) in [6, 6.07) is 15.5. The molecule has 0 aromatic heterocycles. The van der Waals surface area contributed by atoms with E-state index in [1.54, 1.807) is 48.5 Å². The number of halogens is 1. The molecule has 2 aromatic carbocycles. The van der Waals surface area contributed by atoms with Gasteiger partial charge in [0.05, 0.1) is 11.6 Å². The zero-order valence-corrected chi connectivity index (χ0v) is 9.68. The van der Waals surface area contributed by atoms with Crippen LogP contribution >= 0.6 is 0 Å². The van der Waals surface area contributed by atoms with Crippen LogP contribution in [0.3, 0.4) is 0 Å². The van der Waals surface area contributed by atoms with Crippen molar-refractivity contribution < 1.29 is 9.50 Å². The van der Waals surface area contributed by atoms with Crippen molar-refractivity contribution in [2.24, 2.45) is 0 Å². The number of rotatable bonds is 3. The largest absolute Gasteiger partial charge is 0.384 e. The van der Waals surface area contributed by atoms with E-state index in [4.69, 9.17) is 5.26 Å². The molecule has 0 bridgehead atoms. The lowest BCUT2D eigenvalue weighted by Crippen LogP contribution is -1.99. The van der Waals surface area contributed by atoms with E-state index in [1.807, 2.05) is 6.07 Å². The van der Waals surface area contributed by atoms with Crippen LogP contribution in [0, 0.1) is 11.3 Å². The normalized spacial score (nSPS) is 11.8. The van der Waals surface area contributed by atoms with E-state index in [9.17, 15) is 9.50 Å². The van der Waals surface area contributed by atoms with Crippen molar-refractivity contribution in [2.75, 3.05) is 0 Å². The van der Waals surface area contributed by atoms with Crippen LogP contribution in [0.25, 0.3) is 0 Å². The van der Waals surface area contributed by atoms with Gasteiger partial charge in [0.25, 0.3) is 0 Å². The van der Waals surface area contributed by atoms with E-state index < -0.39 is 12.8 Å². The second kappa shape index (κ2) is 5.44. The Morgan fingerprint density at radius 3 is 1.94 bits per heavy atom. The Bertz CT molecular complexity index is 555. The summed E-state index contributed by atoms with van der Waals surface area (Å²) in [6.45, 7) is -0.507. The lowest BCUT2D eigenvalue weighted by atomic mass is 10.00. The van der Waals surface area contributed by atoms with Gasteiger partial charge in [0, 0.05) is 0 Å². The number of hydrogen-bond acceptors (Lipinski definition) is 2. The van der Waals surface area contributed by atoms with Crippen molar-refractivity contribution in [3.8, 4) is 6.07 Å². The zero-order valence-electron chi connectivity index (χ0n) is 9.68. The molecule has 0 unspecified atom stereocenters. The summed E-state index contributed by atoms with van der Waals surface area (Å²) in [7, 11) is 0. The fourth-order valence-electron chi connectivity index (χ4n) is 1.72. The molecule has 0 fully saturated rings. The molecule has 2 nitrogen and oxygen atoms in total. The molecular formula is C15H12FNO. The first-order valence-corrected chi connectivity index (χ1v) is 5.57. The van der Waals surface area contributed by atoms with E-state index in [0.717, 1.165) is 0 Å². The van der Waals surface area contributed by atoms with Crippen molar-refractivity contribution in [3.05, 3.63) is 70.8 Å². The minimum absolute atomic E-state index is 0.507. The average molecular weight is 241 g/mol. The van der Waals surface area contributed by atoms with Crippen LogP contribution in [0.5, 0.6) is 0 Å². The van der Waals surface area contributed by atoms with Gasteiger partial charge in [0.15, 0.2) is 0 Å². The van der Waals surface area contributed by atoms with Gasteiger partial charge in [-0.15, -0.1) is 0 Å². The van der Waals surface area contributed by atoms with Crippen LogP contribution in [0.2, 0.25) is 0 Å². The Kier molecular flexibility index (Phi) is 3.71. The Labute approximate surface area is 105 Å². The molecule has 2 rings (SSSR count). The third kappa shape index (κ3) is 2.55. The Balaban J connectivity index is 2.23. The van der Waals surface area contributed by atoms with Gasteiger partial charge in [-0.1, -0.05) is 36.4 Å². The highest BCUT2D eigenvalue weighted by Gasteiger charge is 2.10. The summed E-state index contributed by atoms with van der Waals surface area (Å²) < 4.78 is 12.4. The summed E-state index contributed by atoms with van der Waals surface area (Å²) >= 11 is 0. The molecule has 1 N–H and O–H groups in total. The maximum Gasteiger partial charge on any atom is 0.115 e. The van der Waals surface area contributed by atoms with Crippen molar-refractivity contribution in [1.29, 1.82) is 5.26 Å².